The number of nitrogens with one attached hydrogen (secondary N) is 2. The molecule has 3 aromatic carbocycles. The van der Waals surface area contributed by atoms with E-state index in [1.165, 1.54) is 24.3 Å². The van der Waals surface area contributed by atoms with Crippen molar-refractivity contribution in [3.8, 4) is 22.9 Å². The molecule has 3 N–H and O–H groups in total. The molecule has 8 heteroatoms. The van der Waals surface area contributed by atoms with Crippen LogP contribution in [-0.4, -0.2) is 20.1 Å². The van der Waals surface area contributed by atoms with Gasteiger partial charge in [0.15, 0.2) is 11.6 Å². The van der Waals surface area contributed by atoms with Crippen LogP contribution in [0.4, 0.5) is 8.78 Å². The predicted molar refractivity (Wildman–Crippen MR) is 145 cm³/mol. The van der Waals surface area contributed by atoms with Crippen molar-refractivity contribution in [2.45, 2.75) is 19.4 Å². The first-order valence-electron chi connectivity index (χ1n) is 11.3. The first-order valence-corrected chi connectivity index (χ1v) is 12.4. The van der Waals surface area contributed by atoms with Crippen LogP contribution in [0.25, 0.3) is 28.4 Å². The topological polar surface area (TPSA) is 73.9 Å². The van der Waals surface area contributed by atoms with Crippen LogP contribution in [0.1, 0.15) is 29.3 Å². The maximum Gasteiger partial charge on any atom is 0.168 e. The number of imidazole rings is 1. The molecule has 0 saturated heterocycles. The first-order chi connectivity index (χ1) is 17.4. The summed E-state index contributed by atoms with van der Waals surface area (Å²) in [6, 6.07) is 15.1. The molecule has 0 fully saturated rings. The van der Waals surface area contributed by atoms with Crippen LogP contribution < -0.4 is 4.74 Å². The summed E-state index contributed by atoms with van der Waals surface area (Å²) >= 11 is 2.21. The lowest BCUT2D eigenvalue weighted by Crippen LogP contribution is -1.95. The van der Waals surface area contributed by atoms with E-state index >= 15 is 0 Å². The Balaban J connectivity index is 1.33. The number of aliphatic hydroxyl groups excluding tert-OH is 1. The molecule has 0 aliphatic heterocycles. The van der Waals surface area contributed by atoms with Crippen molar-refractivity contribution in [2.75, 3.05) is 0 Å². The van der Waals surface area contributed by atoms with Gasteiger partial charge in [-0.05, 0) is 84.0 Å². The second kappa shape index (κ2) is 10.2. The minimum atomic E-state index is -0.626. The normalized spacial score (nSPS) is 12.5. The Labute approximate surface area is 220 Å². The average molecular weight is 597 g/mol. The van der Waals surface area contributed by atoms with Gasteiger partial charge in [0.25, 0.3) is 0 Å². The minimum Gasteiger partial charge on any atom is -0.454 e. The first kappa shape index (κ1) is 24.2. The van der Waals surface area contributed by atoms with Gasteiger partial charge in [0.2, 0.25) is 0 Å². The lowest BCUT2D eigenvalue weighted by molar-refractivity contribution is 0.181. The summed E-state index contributed by atoms with van der Waals surface area (Å²) in [5.74, 6) is -0.299. The molecular weight excluding hydrogens is 575 g/mol. The molecule has 0 aliphatic carbocycles. The molecule has 1 unspecified atom stereocenters. The molecule has 0 spiro atoms. The Morgan fingerprint density at radius 1 is 1.11 bits per heavy atom. The van der Waals surface area contributed by atoms with Gasteiger partial charge < -0.3 is 19.8 Å². The van der Waals surface area contributed by atoms with Gasteiger partial charge in [-0.3, -0.25) is 0 Å². The highest BCUT2D eigenvalue weighted by atomic mass is 127. The van der Waals surface area contributed by atoms with Gasteiger partial charge >= 0.3 is 0 Å². The summed E-state index contributed by atoms with van der Waals surface area (Å²) in [6.45, 7) is 1.78. The number of aromatic nitrogens is 3. The zero-order valence-corrected chi connectivity index (χ0v) is 21.4. The molecule has 0 bridgehead atoms. The lowest BCUT2D eigenvalue weighted by Gasteiger charge is -2.12. The number of hydrogen-bond donors (Lipinski definition) is 3. The van der Waals surface area contributed by atoms with Crippen LogP contribution in [-0.2, 0) is 0 Å². The number of rotatable bonds is 7. The van der Waals surface area contributed by atoms with Crippen molar-refractivity contribution in [3.05, 3.63) is 105 Å². The summed E-state index contributed by atoms with van der Waals surface area (Å²) < 4.78 is 36.3. The third-order valence-corrected chi connectivity index (χ3v) is 6.58. The van der Waals surface area contributed by atoms with E-state index in [0.29, 0.717) is 29.0 Å². The fourth-order valence-corrected chi connectivity index (χ4v) is 4.61. The molecule has 2 heterocycles. The Morgan fingerprint density at radius 2 is 1.97 bits per heavy atom. The van der Waals surface area contributed by atoms with E-state index in [2.05, 4.69) is 37.5 Å². The van der Waals surface area contributed by atoms with E-state index < -0.39 is 17.7 Å². The molecule has 0 saturated carbocycles. The molecule has 5 nitrogen and oxygen atoms in total. The molecule has 182 valence electrons. The Kier molecular flexibility index (Phi) is 6.88. The van der Waals surface area contributed by atoms with Crippen molar-refractivity contribution in [3.63, 3.8) is 0 Å². The number of hydrogen-bond acceptors (Lipinski definition) is 3. The largest absolute Gasteiger partial charge is 0.454 e. The number of benzene rings is 3. The fourth-order valence-electron chi connectivity index (χ4n) is 4.05. The molecule has 1 atom stereocenters. The zero-order chi connectivity index (χ0) is 25.2. The van der Waals surface area contributed by atoms with E-state index in [0.717, 1.165) is 14.5 Å². The minimum absolute atomic E-state index is 0.0920. The van der Waals surface area contributed by atoms with Crippen molar-refractivity contribution >= 4 is 39.6 Å². The van der Waals surface area contributed by atoms with Crippen molar-refractivity contribution < 1.29 is 18.6 Å². The number of fused-ring (bicyclic) bond motifs is 1. The standard InChI is InChI=1S/C28H22F2IN3O2/c1-16-21-10-11-32-25(21)14-24(30)27(16)36-20-8-9-23(29)22(13-20)28-33-15-19(34-28)6-3-7-26(35)17-4-2-5-18(31)12-17/h2-6,8-15,26,32,35H,7H2,1H3,(H,33,34)/b6-3+. The van der Waals surface area contributed by atoms with Gasteiger partial charge in [-0.2, -0.15) is 0 Å². The van der Waals surface area contributed by atoms with E-state index in [9.17, 15) is 13.9 Å². The van der Waals surface area contributed by atoms with Crippen LogP contribution in [0, 0.1) is 22.1 Å². The van der Waals surface area contributed by atoms with Crippen LogP contribution in [0.15, 0.2) is 73.1 Å². The zero-order valence-electron chi connectivity index (χ0n) is 19.2. The van der Waals surface area contributed by atoms with Crippen molar-refractivity contribution in [1.82, 2.24) is 15.0 Å². The third-order valence-electron chi connectivity index (χ3n) is 5.91. The Hall–Kier alpha value is -3.50. The number of halogens is 3. The van der Waals surface area contributed by atoms with Gasteiger partial charge in [0, 0.05) is 32.3 Å². The van der Waals surface area contributed by atoms with Crippen LogP contribution >= 0.6 is 22.6 Å². The highest BCUT2D eigenvalue weighted by molar-refractivity contribution is 14.1. The van der Waals surface area contributed by atoms with Crippen LogP contribution in [0.3, 0.4) is 0 Å². The van der Waals surface area contributed by atoms with Crippen molar-refractivity contribution in [2.24, 2.45) is 0 Å². The number of aryl methyl sites for hydroxylation is 1. The summed E-state index contributed by atoms with van der Waals surface area (Å²) in [5.41, 5.74) is 3.03. The number of ether oxygens (including phenoxy) is 1. The van der Waals surface area contributed by atoms with Gasteiger partial charge in [-0.25, -0.2) is 13.8 Å². The monoisotopic (exact) mass is 597 g/mol. The van der Waals surface area contributed by atoms with E-state index in [-0.39, 0.29) is 17.1 Å². The van der Waals surface area contributed by atoms with Crippen molar-refractivity contribution in [1.29, 1.82) is 0 Å². The van der Waals surface area contributed by atoms with Crippen LogP contribution in [0.5, 0.6) is 11.5 Å². The number of H-pyrrole nitrogens is 2. The maximum absolute atomic E-state index is 14.7. The van der Waals surface area contributed by atoms with E-state index in [1.54, 1.807) is 25.4 Å². The molecule has 36 heavy (non-hydrogen) atoms. The summed E-state index contributed by atoms with van der Waals surface area (Å²) in [6.07, 6.45) is 6.74. The molecule has 5 rings (SSSR count). The Bertz CT molecular complexity index is 1570. The van der Waals surface area contributed by atoms with Gasteiger partial charge in [0.05, 0.1) is 23.6 Å². The smallest absolute Gasteiger partial charge is 0.168 e. The summed E-state index contributed by atoms with van der Waals surface area (Å²) in [5, 5.41) is 11.3. The summed E-state index contributed by atoms with van der Waals surface area (Å²) in [4.78, 5) is 10.3. The molecule has 5 aromatic rings. The quantitative estimate of drug-likeness (QED) is 0.169. The second-order valence-electron chi connectivity index (χ2n) is 8.39. The van der Waals surface area contributed by atoms with Gasteiger partial charge in [-0.1, -0.05) is 18.2 Å². The molecular formula is C28H22F2IN3O2. The third kappa shape index (κ3) is 5.05. The lowest BCUT2D eigenvalue weighted by atomic mass is 10.1. The Morgan fingerprint density at radius 3 is 2.81 bits per heavy atom. The SMILES string of the molecule is Cc1c(Oc2ccc(F)c(-c3ncc(/C=C/CC(O)c4cccc(I)c4)[nH]3)c2)c(F)cc2[nH]ccc12. The number of nitrogens with zero attached hydrogens (tertiary/aromatic N) is 1. The maximum atomic E-state index is 14.7. The molecule has 0 radical (unpaired) electrons. The summed E-state index contributed by atoms with van der Waals surface area (Å²) in [7, 11) is 0. The van der Waals surface area contributed by atoms with Gasteiger partial charge in [-0.15, -0.1) is 0 Å². The van der Waals surface area contributed by atoms with E-state index in [1.807, 2.05) is 36.4 Å². The van der Waals surface area contributed by atoms with Gasteiger partial charge in [0.1, 0.15) is 17.4 Å². The molecule has 0 aliphatic rings. The van der Waals surface area contributed by atoms with Crippen LogP contribution in [0.2, 0.25) is 0 Å². The highest BCUT2D eigenvalue weighted by Crippen LogP contribution is 2.35. The fraction of sp³-hybridized carbons (Fsp3) is 0.107. The number of aromatic amines is 2. The highest BCUT2D eigenvalue weighted by Gasteiger charge is 2.16. The second-order valence-corrected chi connectivity index (χ2v) is 9.64. The molecule has 0 amide bonds. The average Bonchev–Trinajstić information content (AvgIpc) is 3.52. The predicted octanol–water partition coefficient (Wildman–Crippen LogP) is 7.68. The van der Waals surface area contributed by atoms with E-state index in [4.69, 9.17) is 4.74 Å². The number of aliphatic hydroxyl groups is 1. The molecule has 2 aromatic heterocycles.